The summed E-state index contributed by atoms with van der Waals surface area (Å²) in [4.78, 5) is 28.6. The fourth-order valence-electron chi connectivity index (χ4n) is 3.15. The third-order valence-corrected chi connectivity index (χ3v) is 5.02. The number of hydrogen-bond acceptors (Lipinski definition) is 4. The van der Waals surface area contributed by atoms with Crippen LogP contribution >= 0.6 is 11.3 Å². The molecular weight excluding hydrogens is 278 g/mol. The number of aromatic carboxylic acids is 1. The zero-order chi connectivity index (χ0) is 14.1. The number of carboxylic acid groups (broad SMARTS) is 1. The molecule has 7 heteroatoms. The lowest BCUT2D eigenvalue weighted by Crippen LogP contribution is -2.38. The summed E-state index contributed by atoms with van der Waals surface area (Å²) in [5, 5.41) is 13.7. The fourth-order valence-corrected chi connectivity index (χ4v) is 3.86. The molecule has 0 radical (unpaired) electrons. The first kappa shape index (κ1) is 13.4. The van der Waals surface area contributed by atoms with E-state index in [0.29, 0.717) is 23.4 Å². The van der Waals surface area contributed by atoms with E-state index in [1.165, 1.54) is 36.0 Å². The molecule has 2 atom stereocenters. The molecule has 108 valence electrons. The van der Waals surface area contributed by atoms with Crippen LogP contribution in [0.25, 0.3) is 0 Å². The van der Waals surface area contributed by atoms with E-state index < -0.39 is 5.97 Å². The highest BCUT2D eigenvalue weighted by Gasteiger charge is 2.37. The minimum atomic E-state index is -1.04. The van der Waals surface area contributed by atoms with Crippen LogP contribution < -0.4 is 5.32 Å². The molecule has 1 saturated carbocycles. The van der Waals surface area contributed by atoms with E-state index in [9.17, 15) is 9.59 Å². The minimum Gasteiger partial charge on any atom is -0.476 e. The van der Waals surface area contributed by atoms with Crippen molar-refractivity contribution in [2.45, 2.75) is 25.8 Å². The number of thiazole rings is 1. The Kier molecular flexibility index (Phi) is 3.60. The average Bonchev–Trinajstić information content (AvgIpc) is 3.10. The number of rotatable bonds is 3. The Morgan fingerprint density at radius 2 is 2.10 bits per heavy atom. The largest absolute Gasteiger partial charge is 0.476 e. The van der Waals surface area contributed by atoms with Crippen molar-refractivity contribution in [3.8, 4) is 0 Å². The van der Waals surface area contributed by atoms with Crippen molar-refractivity contribution >= 4 is 23.3 Å². The Labute approximate surface area is 120 Å². The highest BCUT2D eigenvalue weighted by atomic mass is 32.1. The number of likely N-dealkylation sites (tertiary alicyclic amines) is 1. The van der Waals surface area contributed by atoms with Gasteiger partial charge in [-0.15, -0.1) is 11.3 Å². The van der Waals surface area contributed by atoms with Gasteiger partial charge < -0.3 is 15.3 Å². The van der Waals surface area contributed by atoms with E-state index in [-0.39, 0.29) is 11.7 Å². The number of amides is 2. The van der Waals surface area contributed by atoms with E-state index in [4.69, 9.17) is 5.11 Å². The second-order valence-electron chi connectivity index (χ2n) is 5.45. The molecule has 1 aromatic heterocycles. The summed E-state index contributed by atoms with van der Waals surface area (Å²) in [5.74, 6) is 0.324. The van der Waals surface area contributed by atoms with Crippen LogP contribution in [0, 0.1) is 11.8 Å². The Bertz CT molecular complexity index is 519. The van der Waals surface area contributed by atoms with Gasteiger partial charge in [0.2, 0.25) is 0 Å². The normalized spacial score (nSPS) is 24.7. The maximum absolute atomic E-state index is 12.1. The van der Waals surface area contributed by atoms with Crippen molar-refractivity contribution < 1.29 is 14.7 Å². The second-order valence-corrected chi connectivity index (χ2v) is 6.39. The van der Waals surface area contributed by atoms with Gasteiger partial charge in [-0.25, -0.2) is 14.6 Å². The van der Waals surface area contributed by atoms with E-state index in [2.05, 4.69) is 10.3 Å². The molecule has 1 aliphatic carbocycles. The maximum Gasteiger partial charge on any atom is 0.355 e. The number of carbonyl (C=O) groups excluding carboxylic acids is 1. The molecule has 0 aromatic carbocycles. The number of urea groups is 1. The van der Waals surface area contributed by atoms with Gasteiger partial charge in [-0.05, 0) is 24.7 Å². The zero-order valence-corrected chi connectivity index (χ0v) is 11.9. The molecule has 2 heterocycles. The van der Waals surface area contributed by atoms with E-state index in [1.54, 1.807) is 0 Å². The molecule has 20 heavy (non-hydrogen) atoms. The van der Waals surface area contributed by atoms with Gasteiger partial charge in [-0.2, -0.15) is 0 Å². The molecule has 2 unspecified atom stereocenters. The topological polar surface area (TPSA) is 82.5 Å². The van der Waals surface area contributed by atoms with E-state index in [1.807, 2.05) is 4.90 Å². The highest BCUT2D eigenvalue weighted by molar-refractivity contribution is 7.09. The maximum atomic E-state index is 12.1. The minimum absolute atomic E-state index is 0.0370. The number of nitrogens with one attached hydrogen (secondary N) is 1. The molecule has 2 amide bonds. The number of nitrogens with zero attached hydrogens (tertiary/aromatic N) is 2. The first-order chi connectivity index (χ1) is 9.63. The van der Waals surface area contributed by atoms with Crippen molar-refractivity contribution in [1.29, 1.82) is 0 Å². The van der Waals surface area contributed by atoms with E-state index >= 15 is 0 Å². The summed E-state index contributed by atoms with van der Waals surface area (Å²) in [6.07, 6.45) is 3.77. The van der Waals surface area contributed by atoms with Crippen molar-refractivity contribution in [3.63, 3.8) is 0 Å². The average molecular weight is 295 g/mol. The van der Waals surface area contributed by atoms with Gasteiger partial charge >= 0.3 is 12.0 Å². The number of fused-ring (bicyclic) bond motifs is 1. The van der Waals surface area contributed by atoms with Gasteiger partial charge in [-0.3, -0.25) is 0 Å². The van der Waals surface area contributed by atoms with Crippen LogP contribution in [0.4, 0.5) is 4.79 Å². The van der Waals surface area contributed by atoms with Gasteiger partial charge in [0.15, 0.2) is 5.69 Å². The molecule has 2 aliphatic rings. The van der Waals surface area contributed by atoms with Crippen LogP contribution in [0.2, 0.25) is 0 Å². The second kappa shape index (κ2) is 5.40. The van der Waals surface area contributed by atoms with E-state index in [0.717, 1.165) is 13.1 Å². The first-order valence-electron chi connectivity index (χ1n) is 6.84. The SMILES string of the molecule is O=C(O)c1csc(CNC(=O)N2CC3CCCC3C2)n1. The van der Waals surface area contributed by atoms with Gasteiger partial charge in [0.25, 0.3) is 0 Å². The van der Waals surface area contributed by atoms with Crippen LogP contribution in [0.1, 0.15) is 34.8 Å². The summed E-state index contributed by atoms with van der Waals surface area (Å²) in [7, 11) is 0. The van der Waals surface area contributed by atoms with Crippen molar-refractivity contribution in [3.05, 3.63) is 16.1 Å². The molecule has 2 N–H and O–H groups in total. The van der Waals surface area contributed by atoms with Crippen LogP contribution in [0.15, 0.2) is 5.38 Å². The Morgan fingerprint density at radius 1 is 1.40 bits per heavy atom. The first-order valence-corrected chi connectivity index (χ1v) is 7.72. The van der Waals surface area contributed by atoms with Gasteiger partial charge in [-0.1, -0.05) is 6.42 Å². The molecule has 3 rings (SSSR count). The summed E-state index contributed by atoms with van der Waals surface area (Å²) in [5.41, 5.74) is 0.0370. The van der Waals surface area contributed by atoms with Crippen LogP contribution in [-0.2, 0) is 6.54 Å². The quantitative estimate of drug-likeness (QED) is 0.890. The predicted octanol–water partition coefficient (Wildman–Crippen LogP) is 1.78. The lowest BCUT2D eigenvalue weighted by Gasteiger charge is -2.17. The third-order valence-electron chi connectivity index (χ3n) is 4.18. The molecule has 0 spiro atoms. The molecule has 1 aromatic rings. The lowest BCUT2D eigenvalue weighted by molar-refractivity contribution is 0.0691. The molecule has 1 aliphatic heterocycles. The number of hydrogen-bond donors (Lipinski definition) is 2. The van der Waals surface area contributed by atoms with Crippen molar-refractivity contribution in [1.82, 2.24) is 15.2 Å². The predicted molar refractivity (Wildman–Crippen MR) is 73.7 cm³/mol. The van der Waals surface area contributed by atoms with Crippen molar-refractivity contribution in [2.75, 3.05) is 13.1 Å². The number of carboxylic acids is 1. The molecule has 2 fully saturated rings. The lowest BCUT2D eigenvalue weighted by atomic mass is 10.0. The third kappa shape index (κ3) is 2.63. The molecule has 0 bridgehead atoms. The molecular formula is C13H17N3O3S. The van der Waals surface area contributed by atoms with Crippen LogP contribution in [-0.4, -0.2) is 40.1 Å². The highest BCUT2D eigenvalue weighted by Crippen LogP contribution is 2.37. The summed E-state index contributed by atoms with van der Waals surface area (Å²) in [6, 6.07) is -0.0634. The van der Waals surface area contributed by atoms with Gasteiger partial charge in [0.05, 0.1) is 6.54 Å². The zero-order valence-electron chi connectivity index (χ0n) is 11.0. The van der Waals surface area contributed by atoms with Crippen LogP contribution in [0.5, 0.6) is 0 Å². The Morgan fingerprint density at radius 3 is 2.70 bits per heavy atom. The Hall–Kier alpha value is -1.63. The number of carbonyl (C=O) groups is 2. The van der Waals surface area contributed by atoms with Gasteiger partial charge in [0.1, 0.15) is 5.01 Å². The standard InChI is InChI=1S/C13H17N3O3S/c17-12(18)10-7-20-11(15-10)4-14-13(19)16-5-8-2-1-3-9(8)6-16/h7-9H,1-6H2,(H,14,19)(H,17,18). The smallest absolute Gasteiger partial charge is 0.355 e. The molecule has 6 nitrogen and oxygen atoms in total. The fraction of sp³-hybridized carbons (Fsp3) is 0.615. The summed E-state index contributed by atoms with van der Waals surface area (Å²) >= 11 is 1.25. The van der Waals surface area contributed by atoms with Crippen LogP contribution in [0.3, 0.4) is 0 Å². The number of aromatic nitrogens is 1. The van der Waals surface area contributed by atoms with Crippen molar-refractivity contribution in [2.24, 2.45) is 11.8 Å². The summed E-state index contributed by atoms with van der Waals surface area (Å²) in [6.45, 7) is 2.01. The Balaban J connectivity index is 1.50. The monoisotopic (exact) mass is 295 g/mol. The van der Waals surface area contributed by atoms with Gasteiger partial charge in [0, 0.05) is 18.5 Å². The summed E-state index contributed by atoms with van der Waals surface area (Å²) < 4.78 is 0. The molecule has 1 saturated heterocycles.